The fourth-order valence-corrected chi connectivity index (χ4v) is 4.31. The van der Waals surface area contributed by atoms with Gasteiger partial charge in [-0.15, -0.1) is 13.2 Å². The first kappa shape index (κ1) is 32.1. The molecular formula is C28H27F6N5O5. The van der Waals surface area contributed by atoms with Gasteiger partial charge in [-0.2, -0.15) is 13.2 Å². The standard InChI is InChI=1S/C28H27F6N5O5/c29-27(30,31)21-17-20(43-16-15-40)9-10-22(21)37-26(42)39-13-11-38(12-14-39)19-7-5-18(6-8-19)35-25(41)36-23-3-1-2-4-24(23)44-28(32,33)34/h1-10,17,40H,11-16H2,(H,37,42)(H2,35,36,41). The van der Waals surface area contributed by atoms with E-state index in [4.69, 9.17) is 9.84 Å². The Balaban J connectivity index is 1.30. The number of para-hydroxylation sites is 2. The van der Waals surface area contributed by atoms with E-state index in [-0.39, 0.29) is 37.7 Å². The Morgan fingerprint density at radius 2 is 1.50 bits per heavy atom. The minimum atomic E-state index is -4.93. The summed E-state index contributed by atoms with van der Waals surface area (Å²) in [5, 5.41) is 16.0. The first-order chi connectivity index (χ1) is 20.8. The van der Waals surface area contributed by atoms with Gasteiger partial charge in [-0.1, -0.05) is 12.1 Å². The lowest BCUT2D eigenvalue weighted by atomic mass is 10.1. The second-order valence-corrected chi connectivity index (χ2v) is 9.35. The summed E-state index contributed by atoms with van der Waals surface area (Å²) in [5.74, 6) is -0.665. The number of aliphatic hydroxyl groups is 1. The van der Waals surface area contributed by atoms with Crippen molar-refractivity contribution in [3.63, 3.8) is 0 Å². The average molecular weight is 628 g/mol. The lowest BCUT2D eigenvalue weighted by Gasteiger charge is -2.36. The molecule has 0 aliphatic carbocycles. The number of carbonyl (C=O) groups excluding carboxylic acids is 2. The van der Waals surface area contributed by atoms with E-state index in [1.54, 1.807) is 24.3 Å². The zero-order chi connectivity index (χ0) is 31.9. The molecule has 0 bridgehead atoms. The number of rotatable bonds is 8. The van der Waals surface area contributed by atoms with Crippen molar-refractivity contribution in [1.29, 1.82) is 0 Å². The zero-order valence-electron chi connectivity index (χ0n) is 22.8. The predicted octanol–water partition coefficient (Wildman–Crippen LogP) is 5.97. The van der Waals surface area contributed by atoms with E-state index in [1.165, 1.54) is 29.2 Å². The molecule has 44 heavy (non-hydrogen) atoms. The molecule has 1 saturated heterocycles. The molecule has 1 aliphatic rings. The number of halogens is 6. The van der Waals surface area contributed by atoms with Crippen LogP contribution in [0.3, 0.4) is 0 Å². The van der Waals surface area contributed by atoms with Crippen molar-refractivity contribution in [1.82, 2.24) is 4.90 Å². The molecule has 3 aromatic carbocycles. The predicted molar refractivity (Wildman–Crippen MR) is 149 cm³/mol. The van der Waals surface area contributed by atoms with E-state index in [0.29, 0.717) is 18.8 Å². The van der Waals surface area contributed by atoms with Crippen LogP contribution in [-0.2, 0) is 6.18 Å². The molecule has 3 aromatic rings. The molecule has 236 valence electrons. The topological polar surface area (TPSA) is 115 Å². The summed E-state index contributed by atoms with van der Waals surface area (Å²) >= 11 is 0. The minimum Gasteiger partial charge on any atom is -0.491 e. The number of anilines is 4. The maximum absolute atomic E-state index is 13.6. The number of urea groups is 2. The molecule has 1 aliphatic heterocycles. The summed E-state index contributed by atoms with van der Waals surface area (Å²) in [6, 6.07) is 13.3. The van der Waals surface area contributed by atoms with Crippen molar-refractivity contribution in [3.05, 3.63) is 72.3 Å². The fraction of sp³-hybridized carbons (Fsp3) is 0.286. The second kappa shape index (κ2) is 13.6. The number of aliphatic hydroxyl groups excluding tert-OH is 1. The van der Waals surface area contributed by atoms with Gasteiger partial charge < -0.3 is 40.3 Å². The number of amides is 4. The summed E-state index contributed by atoms with van der Waals surface area (Å²) < 4.78 is 87.6. The smallest absolute Gasteiger partial charge is 0.491 e. The van der Waals surface area contributed by atoms with Gasteiger partial charge in [0.05, 0.1) is 23.5 Å². The largest absolute Gasteiger partial charge is 0.573 e. The first-order valence-electron chi connectivity index (χ1n) is 13.1. The number of nitrogens with zero attached hydrogens (tertiary/aromatic N) is 2. The van der Waals surface area contributed by atoms with Gasteiger partial charge in [-0.25, -0.2) is 9.59 Å². The number of alkyl halides is 6. The molecule has 0 unspecified atom stereocenters. The number of nitrogens with one attached hydrogen (secondary N) is 3. The van der Waals surface area contributed by atoms with Gasteiger partial charge in [0.25, 0.3) is 0 Å². The van der Waals surface area contributed by atoms with Crippen molar-refractivity contribution < 1.29 is 50.5 Å². The third-order valence-corrected chi connectivity index (χ3v) is 6.32. The van der Waals surface area contributed by atoms with Crippen molar-refractivity contribution in [3.8, 4) is 11.5 Å². The van der Waals surface area contributed by atoms with E-state index >= 15 is 0 Å². The van der Waals surface area contributed by atoms with Gasteiger partial charge in [0.1, 0.15) is 12.4 Å². The molecule has 0 aromatic heterocycles. The third kappa shape index (κ3) is 8.82. The van der Waals surface area contributed by atoms with Crippen LogP contribution >= 0.6 is 0 Å². The van der Waals surface area contributed by atoms with Crippen LogP contribution in [-0.4, -0.2) is 67.8 Å². The molecular weight excluding hydrogens is 600 g/mol. The molecule has 4 rings (SSSR count). The Hall–Kier alpha value is -4.86. The Bertz CT molecular complexity index is 1440. The van der Waals surface area contributed by atoms with Crippen LogP contribution in [0.1, 0.15) is 5.56 Å². The van der Waals surface area contributed by atoms with Crippen molar-refractivity contribution >= 4 is 34.8 Å². The summed E-state index contributed by atoms with van der Waals surface area (Å²) in [7, 11) is 0. The van der Waals surface area contributed by atoms with Gasteiger partial charge in [0.15, 0.2) is 5.75 Å². The van der Waals surface area contributed by atoms with Crippen molar-refractivity contribution in [2.24, 2.45) is 0 Å². The molecule has 4 amide bonds. The Kier molecular flexibility index (Phi) is 9.93. The van der Waals surface area contributed by atoms with Crippen LogP contribution in [0.15, 0.2) is 66.7 Å². The Morgan fingerprint density at radius 3 is 2.14 bits per heavy atom. The van der Waals surface area contributed by atoms with Crippen LogP contribution in [0.4, 0.5) is 58.7 Å². The number of hydrogen-bond donors (Lipinski definition) is 4. The lowest BCUT2D eigenvalue weighted by Crippen LogP contribution is -2.50. The van der Waals surface area contributed by atoms with E-state index in [2.05, 4.69) is 20.7 Å². The molecule has 0 radical (unpaired) electrons. The summed E-state index contributed by atoms with van der Waals surface area (Å²) in [6.45, 7) is 0.626. The maximum atomic E-state index is 13.6. The number of carbonyl (C=O) groups is 2. The molecule has 16 heteroatoms. The van der Waals surface area contributed by atoms with Crippen LogP contribution in [0.5, 0.6) is 11.5 Å². The molecule has 0 saturated carbocycles. The average Bonchev–Trinajstić information content (AvgIpc) is 2.97. The highest BCUT2D eigenvalue weighted by molar-refractivity contribution is 6.00. The number of ether oxygens (including phenoxy) is 2. The van der Waals surface area contributed by atoms with Crippen LogP contribution in [0.2, 0.25) is 0 Å². The highest BCUT2D eigenvalue weighted by Crippen LogP contribution is 2.37. The highest BCUT2D eigenvalue weighted by atomic mass is 19.4. The van der Waals surface area contributed by atoms with Crippen LogP contribution in [0.25, 0.3) is 0 Å². The van der Waals surface area contributed by atoms with Crippen molar-refractivity contribution in [2.75, 3.05) is 60.2 Å². The zero-order valence-corrected chi connectivity index (χ0v) is 22.8. The fourth-order valence-electron chi connectivity index (χ4n) is 4.31. The quantitative estimate of drug-likeness (QED) is 0.229. The summed E-state index contributed by atoms with van der Waals surface area (Å²) in [5.41, 5.74) is -0.588. The molecule has 0 spiro atoms. The van der Waals surface area contributed by atoms with Gasteiger partial charge in [-0.05, 0) is 54.6 Å². The summed E-state index contributed by atoms with van der Waals surface area (Å²) in [4.78, 5) is 28.5. The molecule has 10 nitrogen and oxygen atoms in total. The first-order valence-corrected chi connectivity index (χ1v) is 13.1. The van der Waals surface area contributed by atoms with Gasteiger partial charge in [0.2, 0.25) is 0 Å². The number of benzene rings is 3. The van der Waals surface area contributed by atoms with Gasteiger partial charge in [0, 0.05) is 37.6 Å². The number of piperazine rings is 1. The van der Waals surface area contributed by atoms with E-state index in [1.807, 2.05) is 4.90 Å². The highest BCUT2D eigenvalue weighted by Gasteiger charge is 2.35. The maximum Gasteiger partial charge on any atom is 0.573 e. The van der Waals surface area contributed by atoms with Crippen LogP contribution < -0.4 is 30.3 Å². The summed E-state index contributed by atoms with van der Waals surface area (Å²) in [6.07, 6.45) is -9.69. The molecule has 1 heterocycles. The molecule has 0 atom stereocenters. The van der Waals surface area contributed by atoms with Gasteiger partial charge >= 0.3 is 24.6 Å². The Morgan fingerprint density at radius 1 is 0.818 bits per heavy atom. The van der Waals surface area contributed by atoms with Crippen LogP contribution in [0, 0.1) is 0 Å². The minimum absolute atomic E-state index is 0.0966. The van der Waals surface area contributed by atoms with E-state index < -0.39 is 41.6 Å². The van der Waals surface area contributed by atoms with Gasteiger partial charge in [-0.3, -0.25) is 0 Å². The van der Waals surface area contributed by atoms with Crippen molar-refractivity contribution in [2.45, 2.75) is 12.5 Å². The molecule has 4 N–H and O–H groups in total. The lowest BCUT2D eigenvalue weighted by molar-refractivity contribution is -0.274. The second-order valence-electron chi connectivity index (χ2n) is 9.35. The number of hydrogen-bond acceptors (Lipinski definition) is 6. The third-order valence-electron chi connectivity index (χ3n) is 6.32. The normalized spacial score (nSPS) is 13.7. The van der Waals surface area contributed by atoms with E-state index in [9.17, 15) is 35.9 Å². The SMILES string of the molecule is O=C(Nc1ccc(N2CCN(C(=O)Nc3ccc(OCCO)cc3C(F)(F)F)CC2)cc1)Nc1ccccc1OC(F)(F)F. The Labute approximate surface area is 247 Å². The van der Waals surface area contributed by atoms with E-state index in [0.717, 1.165) is 23.9 Å². The monoisotopic (exact) mass is 627 g/mol. The molecule has 1 fully saturated rings.